The average Bonchev–Trinajstić information content (AvgIpc) is 2.45. The Balaban J connectivity index is 2.17. The van der Waals surface area contributed by atoms with Crippen LogP contribution >= 0.6 is 11.6 Å². The van der Waals surface area contributed by atoms with Gasteiger partial charge >= 0.3 is 6.18 Å². The predicted molar refractivity (Wildman–Crippen MR) is 71.3 cm³/mol. The maximum Gasteiger partial charge on any atom is 0.417 e. The van der Waals surface area contributed by atoms with Gasteiger partial charge in [-0.3, -0.25) is 4.98 Å². The summed E-state index contributed by atoms with van der Waals surface area (Å²) >= 11 is 5.69. The zero-order valence-electron chi connectivity index (χ0n) is 10.7. The van der Waals surface area contributed by atoms with Gasteiger partial charge in [-0.05, 0) is 25.1 Å². The molecule has 0 bridgehead atoms. The Hall–Kier alpha value is -2.15. The Morgan fingerprint density at radius 1 is 1.29 bits per heavy atom. The van der Waals surface area contributed by atoms with Gasteiger partial charge in [0.25, 0.3) is 5.88 Å². The summed E-state index contributed by atoms with van der Waals surface area (Å²) in [6.45, 7) is 1.64. The Labute approximate surface area is 123 Å². The lowest BCUT2D eigenvalue weighted by Gasteiger charge is -2.07. The van der Waals surface area contributed by atoms with Crippen molar-refractivity contribution in [2.45, 2.75) is 13.1 Å². The third kappa shape index (κ3) is 3.91. The lowest BCUT2D eigenvalue weighted by atomic mass is 10.3. The van der Waals surface area contributed by atoms with Crippen LogP contribution in [-0.4, -0.2) is 15.7 Å². The van der Waals surface area contributed by atoms with E-state index in [0.29, 0.717) is 17.6 Å². The molecule has 0 atom stereocenters. The van der Waals surface area contributed by atoms with E-state index in [2.05, 4.69) is 15.1 Å². The molecule has 0 aliphatic rings. The van der Waals surface area contributed by atoms with Crippen LogP contribution in [0.5, 0.6) is 5.88 Å². The number of nitrogens with zero attached hydrogens (tertiary/aromatic N) is 3. The van der Waals surface area contributed by atoms with Crippen LogP contribution < -0.4 is 4.84 Å². The summed E-state index contributed by atoms with van der Waals surface area (Å²) in [6.07, 6.45) is -2.30. The molecule has 21 heavy (non-hydrogen) atoms. The summed E-state index contributed by atoms with van der Waals surface area (Å²) in [5.74, 6) is -0.208. The van der Waals surface area contributed by atoms with Crippen molar-refractivity contribution < 1.29 is 18.0 Å². The highest BCUT2D eigenvalue weighted by molar-refractivity contribution is 6.31. The fraction of sp³-hybridized carbons (Fsp3) is 0.154. The highest BCUT2D eigenvalue weighted by Crippen LogP contribution is 2.33. The molecule has 0 N–H and O–H groups in total. The Bertz CT molecular complexity index is 659. The molecule has 0 spiro atoms. The van der Waals surface area contributed by atoms with E-state index >= 15 is 0 Å². The third-order valence-electron chi connectivity index (χ3n) is 2.44. The largest absolute Gasteiger partial charge is 0.417 e. The summed E-state index contributed by atoms with van der Waals surface area (Å²) in [7, 11) is 0. The van der Waals surface area contributed by atoms with Crippen molar-refractivity contribution in [2.75, 3.05) is 0 Å². The second kappa shape index (κ2) is 6.09. The van der Waals surface area contributed by atoms with Gasteiger partial charge in [-0.1, -0.05) is 22.8 Å². The van der Waals surface area contributed by atoms with E-state index in [1.807, 2.05) is 0 Å². The minimum atomic E-state index is -4.51. The summed E-state index contributed by atoms with van der Waals surface area (Å²) in [5, 5.41) is 3.47. The first-order chi connectivity index (χ1) is 9.88. The van der Waals surface area contributed by atoms with Gasteiger partial charge in [-0.15, -0.1) is 0 Å². The molecule has 0 aliphatic heterocycles. The van der Waals surface area contributed by atoms with E-state index in [0.717, 1.165) is 6.07 Å². The van der Waals surface area contributed by atoms with Gasteiger partial charge < -0.3 is 4.84 Å². The first-order valence-corrected chi connectivity index (χ1v) is 6.11. The number of oxime groups is 1. The van der Waals surface area contributed by atoms with Crippen LogP contribution in [0.2, 0.25) is 5.02 Å². The van der Waals surface area contributed by atoms with Crippen LogP contribution in [0, 0.1) is 0 Å². The molecule has 4 nitrogen and oxygen atoms in total. The topological polar surface area (TPSA) is 47.4 Å². The quantitative estimate of drug-likeness (QED) is 0.636. The van der Waals surface area contributed by atoms with Crippen molar-refractivity contribution in [1.82, 2.24) is 9.97 Å². The van der Waals surface area contributed by atoms with Crippen molar-refractivity contribution in [3.8, 4) is 5.88 Å². The molecule has 2 heterocycles. The van der Waals surface area contributed by atoms with E-state index in [1.54, 1.807) is 31.3 Å². The molecule has 0 saturated heterocycles. The van der Waals surface area contributed by atoms with Crippen LogP contribution in [-0.2, 0) is 6.18 Å². The zero-order valence-corrected chi connectivity index (χ0v) is 11.5. The average molecular weight is 316 g/mol. The minimum Gasteiger partial charge on any atom is -0.335 e. The highest BCUT2D eigenvalue weighted by Gasteiger charge is 2.31. The molecule has 0 radical (unpaired) electrons. The normalized spacial score (nSPS) is 12.3. The van der Waals surface area contributed by atoms with Crippen LogP contribution in [0.25, 0.3) is 0 Å². The molecule has 0 aromatic carbocycles. The monoisotopic (exact) mass is 315 g/mol. The second-order valence-electron chi connectivity index (χ2n) is 3.99. The van der Waals surface area contributed by atoms with E-state index in [9.17, 15) is 13.2 Å². The summed E-state index contributed by atoms with van der Waals surface area (Å²) in [5.41, 5.74) is 0.0548. The van der Waals surface area contributed by atoms with Gasteiger partial charge in [0.15, 0.2) is 0 Å². The van der Waals surface area contributed by atoms with Gasteiger partial charge in [-0.2, -0.15) is 13.2 Å². The third-order valence-corrected chi connectivity index (χ3v) is 2.71. The maximum atomic E-state index is 12.5. The summed E-state index contributed by atoms with van der Waals surface area (Å²) in [6, 6.07) is 5.95. The molecule has 2 aromatic heterocycles. The van der Waals surface area contributed by atoms with Gasteiger partial charge in [0, 0.05) is 12.4 Å². The van der Waals surface area contributed by atoms with Gasteiger partial charge in [-0.25, -0.2) is 4.98 Å². The van der Waals surface area contributed by atoms with Crippen molar-refractivity contribution in [2.24, 2.45) is 5.16 Å². The molecule has 2 aromatic rings. The predicted octanol–water partition coefficient (Wildman–Crippen LogP) is 3.95. The Kier molecular flexibility index (Phi) is 4.42. The van der Waals surface area contributed by atoms with Crippen molar-refractivity contribution in [3.63, 3.8) is 0 Å². The molecular formula is C13H9ClF3N3O. The molecule has 2 rings (SSSR count). The summed E-state index contributed by atoms with van der Waals surface area (Å²) < 4.78 is 37.4. The number of pyridine rings is 2. The molecule has 0 saturated carbocycles. The SMILES string of the molecule is C/C(=N/Oc1ncc(C(F)(F)F)cc1Cl)c1ccccn1. The minimum absolute atomic E-state index is 0.208. The Morgan fingerprint density at radius 3 is 2.62 bits per heavy atom. The van der Waals surface area contributed by atoms with E-state index < -0.39 is 11.7 Å². The van der Waals surface area contributed by atoms with E-state index in [4.69, 9.17) is 16.4 Å². The lowest BCUT2D eigenvalue weighted by Crippen LogP contribution is -2.06. The molecule has 110 valence electrons. The summed E-state index contributed by atoms with van der Waals surface area (Å²) in [4.78, 5) is 12.5. The molecular weight excluding hydrogens is 307 g/mol. The number of aromatic nitrogens is 2. The van der Waals surface area contributed by atoms with Crippen LogP contribution in [0.1, 0.15) is 18.2 Å². The smallest absolute Gasteiger partial charge is 0.335 e. The highest BCUT2D eigenvalue weighted by atomic mass is 35.5. The van der Waals surface area contributed by atoms with Gasteiger partial charge in [0.2, 0.25) is 0 Å². The fourth-order valence-corrected chi connectivity index (χ4v) is 1.58. The lowest BCUT2D eigenvalue weighted by molar-refractivity contribution is -0.137. The number of hydrogen-bond acceptors (Lipinski definition) is 4. The van der Waals surface area contributed by atoms with E-state index in [1.165, 1.54) is 0 Å². The maximum absolute atomic E-state index is 12.5. The van der Waals surface area contributed by atoms with Crippen molar-refractivity contribution in [1.29, 1.82) is 0 Å². The molecule has 0 unspecified atom stereocenters. The number of halogens is 4. The van der Waals surface area contributed by atoms with Crippen LogP contribution in [0.3, 0.4) is 0 Å². The van der Waals surface area contributed by atoms with E-state index in [-0.39, 0.29) is 10.9 Å². The second-order valence-corrected chi connectivity index (χ2v) is 4.40. The van der Waals surface area contributed by atoms with Gasteiger partial charge in [0.1, 0.15) is 10.7 Å². The molecule has 8 heteroatoms. The van der Waals surface area contributed by atoms with Crippen molar-refractivity contribution >= 4 is 17.3 Å². The first kappa shape index (κ1) is 15.2. The zero-order chi connectivity index (χ0) is 15.5. The van der Waals surface area contributed by atoms with Crippen molar-refractivity contribution in [3.05, 3.63) is 52.9 Å². The molecule has 0 amide bonds. The number of alkyl halides is 3. The molecule has 0 aliphatic carbocycles. The Morgan fingerprint density at radius 2 is 2.05 bits per heavy atom. The fourth-order valence-electron chi connectivity index (χ4n) is 1.38. The standard InChI is InChI=1S/C13H9ClF3N3O/c1-8(11-4-2-3-5-18-11)20-21-12-10(14)6-9(7-19-12)13(15,16)17/h2-7H,1H3/b20-8-. The van der Waals surface area contributed by atoms with Gasteiger partial charge in [0.05, 0.1) is 11.3 Å². The number of rotatable bonds is 3. The van der Waals surface area contributed by atoms with Crippen LogP contribution in [0.15, 0.2) is 41.8 Å². The first-order valence-electron chi connectivity index (χ1n) is 5.73. The number of hydrogen-bond donors (Lipinski definition) is 0. The molecule has 0 fully saturated rings. The van der Waals surface area contributed by atoms with Crippen LogP contribution in [0.4, 0.5) is 13.2 Å².